The fraction of sp³-hybridized carbons (Fsp3) is 0.857. The molecule has 0 aromatic rings. The first-order chi connectivity index (χ1) is 37.6. The molecule has 12 atom stereocenters. The monoisotopic (exact) mass is 1090 g/mol. The van der Waals surface area contributed by atoms with E-state index in [1.54, 1.807) is 0 Å². The normalized spacial score (nSPS) is 25.0. The van der Waals surface area contributed by atoms with Gasteiger partial charge in [0.05, 0.1) is 32.0 Å². The fourth-order valence-corrected chi connectivity index (χ4v) is 10.3. The molecule has 14 nitrogen and oxygen atoms in total. The van der Waals surface area contributed by atoms with Crippen LogP contribution in [-0.2, 0) is 23.7 Å². The Morgan fingerprint density at radius 3 is 1.38 bits per heavy atom. The van der Waals surface area contributed by atoms with Crippen molar-refractivity contribution in [2.75, 3.05) is 19.8 Å². The molecule has 12 unspecified atom stereocenters. The molecule has 0 aromatic heterocycles. The molecule has 0 saturated carbocycles. The number of aliphatic hydroxyl groups excluding tert-OH is 8. The van der Waals surface area contributed by atoms with Gasteiger partial charge in [0.15, 0.2) is 12.6 Å². The molecule has 2 rings (SSSR count). The largest absolute Gasteiger partial charge is 0.394 e. The van der Waals surface area contributed by atoms with E-state index in [-0.39, 0.29) is 12.5 Å². The minimum atomic E-state index is -1.78. The molecule has 9 N–H and O–H groups in total. The third-order valence-corrected chi connectivity index (χ3v) is 15.3. The first kappa shape index (κ1) is 71.1. The van der Waals surface area contributed by atoms with E-state index in [2.05, 4.69) is 67.8 Å². The van der Waals surface area contributed by atoms with Crippen molar-refractivity contribution >= 4 is 5.91 Å². The molecule has 14 heteroatoms. The van der Waals surface area contributed by atoms with Crippen molar-refractivity contribution in [3.8, 4) is 0 Å². The molecule has 1 amide bonds. The lowest BCUT2D eigenvalue weighted by atomic mass is 9.97. The molecule has 0 spiro atoms. The Balaban J connectivity index is 1.59. The number of amides is 1. The standard InChI is InChI=1S/C63H115NO13/c1-3-5-7-9-11-13-15-16-17-18-19-20-21-22-23-24-25-26-27-28-29-30-31-32-33-34-35-36-37-39-41-43-45-47-55(68)64-51(52(67)46-44-42-40-38-14-12-10-8-6-4-2)50-74-62-60(73)58(71)61(54(49-66)76-62)77-63-59(72)57(70)56(69)53(48-65)75-63/h5,7,11,13,16-17,19-20,51-54,56-63,65-67,69-73H,3-4,6,8-10,12,14-15,18,21-50H2,1-2H3,(H,64,68)/b7-5-,13-11-,17-16-,20-19-. The third-order valence-electron chi connectivity index (χ3n) is 15.3. The lowest BCUT2D eigenvalue weighted by Gasteiger charge is -2.46. The number of aliphatic hydroxyl groups is 8. The first-order valence-electron chi connectivity index (χ1n) is 31.4. The molecule has 0 aromatic carbocycles. The number of unbranched alkanes of at least 4 members (excludes halogenated alkanes) is 29. The Labute approximate surface area is 467 Å². The quantitative estimate of drug-likeness (QED) is 0.0204. The van der Waals surface area contributed by atoms with Crippen molar-refractivity contribution in [1.29, 1.82) is 0 Å². The van der Waals surface area contributed by atoms with Gasteiger partial charge in [-0.15, -0.1) is 0 Å². The van der Waals surface area contributed by atoms with Gasteiger partial charge in [-0.25, -0.2) is 0 Å². The van der Waals surface area contributed by atoms with Crippen LogP contribution in [0.3, 0.4) is 0 Å². The van der Waals surface area contributed by atoms with Gasteiger partial charge in [0.2, 0.25) is 5.91 Å². The van der Waals surface area contributed by atoms with E-state index in [0.29, 0.717) is 12.8 Å². The fourth-order valence-electron chi connectivity index (χ4n) is 10.3. The van der Waals surface area contributed by atoms with Crippen molar-refractivity contribution in [1.82, 2.24) is 5.32 Å². The second kappa shape index (κ2) is 48.6. The van der Waals surface area contributed by atoms with E-state index in [9.17, 15) is 45.6 Å². The molecule has 2 saturated heterocycles. The maximum atomic E-state index is 13.2. The van der Waals surface area contributed by atoms with Crippen LogP contribution in [0.2, 0.25) is 0 Å². The summed E-state index contributed by atoms with van der Waals surface area (Å²) in [6, 6.07) is -0.826. The zero-order valence-corrected chi connectivity index (χ0v) is 48.5. The van der Waals surface area contributed by atoms with Gasteiger partial charge in [-0.05, 0) is 51.4 Å². The Bertz CT molecular complexity index is 1480. The van der Waals surface area contributed by atoms with E-state index >= 15 is 0 Å². The van der Waals surface area contributed by atoms with Gasteiger partial charge in [0, 0.05) is 6.42 Å². The number of allylic oxidation sites excluding steroid dienone is 8. The molecule has 450 valence electrons. The third kappa shape index (κ3) is 34.1. The number of carbonyl (C=O) groups excluding carboxylic acids is 1. The summed E-state index contributed by atoms with van der Waals surface area (Å²) in [5, 5.41) is 87.1. The number of nitrogens with one attached hydrogen (secondary N) is 1. The van der Waals surface area contributed by atoms with Crippen molar-refractivity contribution in [2.24, 2.45) is 0 Å². The number of carbonyl (C=O) groups is 1. The predicted octanol–water partition coefficient (Wildman–Crippen LogP) is 11.2. The molecule has 0 bridgehead atoms. The summed E-state index contributed by atoms with van der Waals surface area (Å²) in [6.07, 6.45) is 44.3. The van der Waals surface area contributed by atoms with Gasteiger partial charge in [-0.3, -0.25) is 4.79 Å². The highest BCUT2D eigenvalue weighted by Gasteiger charge is 2.51. The highest BCUT2D eigenvalue weighted by atomic mass is 16.7. The zero-order valence-electron chi connectivity index (χ0n) is 48.5. The van der Waals surface area contributed by atoms with E-state index < -0.39 is 86.8 Å². The van der Waals surface area contributed by atoms with Crippen LogP contribution < -0.4 is 5.32 Å². The average Bonchev–Trinajstić information content (AvgIpc) is 3.45. The molecule has 0 aliphatic carbocycles. The molecule has 2 aliphatic rings. The summed E-state index contributed by atoms with van der Waals surface area (Å²) in [6.45, 7) is 2.74. The Morgan fingerprint density at radius 1 is 0.481 bits per heavy atom. The topological polar surface area (TPSA) is 228 Å². The van der Waals surface area contributed by atoms with Crippen molar-refractivity contribution < 1.29 is 64.6 Å². The summed E-state index contributed by atoms with van der Waals surface area (Å²) in [4.78, 5) is 13.2. The van der Waals surface area contributed by atoms with Crippen LogP contribution in [-0.4, -0.2) is 140 Å². The molecular weight excluding hydrogens is 979 g/mol. The number of rotatable bonds is 50. The van der Waals surface area contributed by atoms with Gasteiger partial charge < -0.3 is 65.1 Å². The molecule has 77 heavy (non-hydrogen) atoms. The van der Waals surface area contributed by atoms with E-state index in [4.69, 9.17) is 18.9 Å². The van der Waals surface area contributed by atoms with Gasteiger partial charge in [-0.1, -0.05) is 242 Å². The van der Waals surface area contributed by atoms with Crippen LogP contribution in [0.25, 0.3) is 0 Å². The smallest absolute Gasteiger partial charge is 0.220 e. The van der Waals surface area contributed by atoms with Gasteiger partial charge in [-0.2, -0.15) is 0 Å². The maximum absolute atomic E-state index is 13.2. The van der Waals surface area contributed by atoms with Crippen LogP contribution in [0, 0.1) is 0 Å². The number of hydrogen-bond donors (Lipinski definition) is 9. The first-order valence-corrected chi connectivity index (χ1v) is 31.4. The van der Waals surface area contributed by atoms with Crippen LogP contribution in [0.5, 0.6) is 0 Å². The highest BCUT2D eigenvalue weighted by Crippen LogP contribution is 2.30. The number of ether oxygens (including phenoxy) is 4. The van der Waals surface area contributed by atoms with E-state index in [0.717, 1.165) is 77.0 Å². The van der Waals surface area contributed by atoms with Gasteiger partial charge >= 0.3 is 0 Å². The van der Waals surface area contributed by atoms with Crippen molar-refractivity contribution in [2.45, 2.75) is 325 Å². The van der Waals surface area contributed by atoms with Crippen LogP contribution >= 0.6 is 0 Å². The molecule has 2 aliphatic heterocycles. The van der Waals surface area contributed by atoms with Gasteiger partial charge in [0.1, 0.15) is 48.8 Å². The van der Waals surface area contributed by atoms with Gasteiger partial charge in [0.25, 0.3) is 0 Å². The molecule has 2 heterocycles. The Hall–Kier alpha value is -2.05. The van der Waals surface area contributed by atoms with Crippen molar-refractivity contribution in [3.63, 3.8) is 0 Å². The van der Waals surface area contributed by atoms with E-state index in [1.165, 1.54) is 148 Å². The average molecular weight is 1090 g/mol. The molecule has 0 radical (unpaired) electrons. The molecular formula is C63H115NO13. The summed E-state index contributed by atoms with van der Waals surface area (Å²) >= 11 is 0. The predicted molar refractivity (Wildman–Crippen MR) is 309 cm³/mol. The lowest BCUT2D eigenvalue weighted by molar-refractivity contribution is -0.359. The minimum absolute atomic E-state index is 0.206. The number of hydrogen-bond acceptors (Lipinski definition) is 13. The summed E-state index contributed by atoms with van der Waals surface area (Å²) < 4.78 is 22.8. The Morgan fingerprint density at radius 2 is 0.896 bits per heavy atom. The summed E-state index contributed by atoms with van der Waals surface area (Å²) in [5.41, 5.74) is 0. The van der Waals surface area contributed by atoms with Crippen LogP contribution in [0.1, 0.15) is 251 Å². The SMILES string of the molecule is CC/C=C\C/C=C\C/C=C\C/C=C\CCCCCCCCCCCCCCCCCCCCCCC(=O)NC(COC1OC(CO)C(OC2OC(CO)C(O)C(O)C2O)C(O)C1O)C(O)CCCCCCCCCCCC. The summed E-state index contributed by atoms with van der Waals surface area (Å²) in [7, 11) is 0. The second-order valence-corrected chi connectivity index (χ2v) is 22.2. The molecule has 2 fully saturated rings. The van der Waals surface area contributed by atoms with Crippen molar-refractivity contribution in [3.05, 3.63) is 48.6 Å². The highest BCUT2D eigenvalue weighted by molar-refractivity contribution is 5.76. The second-order valence-electron chi connectivity index (χ2n) is 22.2. The van der Waals surface area contributed by atoms with Crippen LogP contribution in [0.4, 0.5) is 0 Å². The minimum Gasteiger partial charge on any atom is -0.394 e. The Kier molecular flexibility index (Phi) is 44.9. The zero-order chi connectivity index (χ0) is 56.0. The van der Waals surface area contributed by atoms with Crippen LogP contribution in [0.15, 0.2) is 48.6 Å². The summed E-state index contributed by atoms with van der Waals surface area (Å²) in [5.74, 6) is -0.206. The maximum Gasteiger partial charge on any atom is 0.220 e. The van der Waals surface area contributed by atoms with E-state index in [1.807, 2.05) is 0 Å². The lowest BCUT2D eigenvalue weighted by Crippen LogP contribution is -2.65.